The number of cyclic esters (lactones) is 1. The number of hydrogen-bond donors (Lipinski definition) is 0. The Morgan fingerprint density at radius 1 is 1.39 bits per heavy atom. The first-order valence-electron chi connectivity index (χ1n) is 5.74. The van der Waals surface area contributed by atoms with Gasteiger partial charge in [0.05, 0.1) is 6.54 Å². The minimum atomic E-state index is -0.700. The van der Waals surface area contributed by atoms with Crippen LogP contribution in [0, 0.1) is 0 Å². The van der Waals surface area contributed by atoms with E-state index in [-0.39, 0.29) is 5.97 Å². The zero-order valence-electron chi connectivity index (χ0n) is 11.0. The van der Waals surface area contributed by atoms with Gasteiger partial charge in [0.25, 0.3) is 0 Å². The third-order valence-electron chi connectivity index (χ3n) is 2.18. The average molecular weight is 250 g/mol. The van der Waals surface area contributed by atoms with Crippen LogP contribution in [0.3, 0.4) is 0 Å². The van der Waals surface area contributed by atoms with Crippen LogP contribution in [0.15, 0.2) is 34.8 Å². The van der Waals surface area contributed by atoms with Gasteiger partial charge in [-0.3, -0.25) is 0 Å². The highest BCUT2D eigenvalue weighted by Gasteiger charge is 2.35. The molecule has 0 aromatic heterocycles. The molecule has 5 heteroatoms. The monoisotopic (exact) mass is 250 g/mol. The summed E-state index contributed by atoms with van der Waals surface area (Å²) < 4.78 is 9.78. The lowest BCUT2D eigenvalue weighted by molar-refractivity contribution is -0.137. The summed E-state index contributed by atoms with van der Waals surface area (Å²) >= 11 is 0. The van der Waals surface area contributed by atoms with Crippen molar-refractivity contribution in [3.63, 3.8) is 0 Å². The predicted octanol–water partition coefficient (Wildman–Crippen LogP) is 1.90. The fraction of sp³-hybridized carbons (Fsp3) is 0.462. The lowest BCUT2D eigenvalue weighted by Gasteiger charge is -2.05. The van der Waals surface area contributed by atoms with E-state index in [4.69, 9.17) is 9.47 Å². The normalized spacial score (nSPS) is 20.5. The molecule has 2 aliphatic rings. The van der Waals surface area contributed by atoms with Crippen LogP contribution in [0.25, 0.3) is 0 Å². The molecule has 0 saturated heterocycles. The molecule has 0 aromatic rings. The molecule has 18 heavy (non-hydrogen) atoms. The number of carbonyl (C=O) groups is 1. The van der Waals surface area contributed by atoms with Gasteiger partial charge in [0.2, 0.25) is 11.8 Å². The van der Waals surface area contributed by atoms with Crippen LogP contribution in [-0.2, 0) is 14.3 Å². The quantitative estimate of drug-likeness (QED) is 0.703. The molecule has 2 rings (SSSR count). The van der Waals surface area contributed by atoms with Gasteiger partial charge in [-0.1, -0.05) is 12.7 Å². The zero-order chi connectivity index (χ0) is 13.6. The Kier molecular flexibility index (Phi) is 4.83. The van der Waals surface area contributed by atoms with Crippen molar-refractivity contribution < 1.29 is 14.3 Å². The van der Waals surface area contributed by atoms with Gasteiger partial charge in [0, 0.05) is 0 Å². The lowest BCUT2D eigenvalue weighted by Crippen LogP contribution is -2.25. The number of aliphatic imine (C=N–C) groups is 2. The Morgan fingerprint density at radius 3 is 2.44 bits per heavy atom. The molecular formula is C13H18N2O3. The van der Waals surface area contributed by atoms with Crippen molar-refractivity contribution in [3.05, 3.63) is 24.8 Å². The van der Waals surface area contributed by atoms with Crippen molar-refractivity contribution in [3.8, 4) is 0 Å². The van der Waals surface area contributed by atoms with Crippen LogP contribution >= 0.6 is 0 Å². The van der Waals surface area contributed by atoms with Crippen molar-refractivity contribution in [1.82, 2.24) is 0 Å². The van der Waals surface area contributed by atoms with Crippen molar-refractivity contribution in [2.45, 2.75) is 26.3 Å². The van der Waals surface area contributed by atoms with Crippen LogP contribution in [-0.4, -0.2) is 36.5 Å². The van der Waals surface area contributed by atoms with E-state index >= 15 is 0 Å². The topological polar surface area (TPSA) is 60.2 Å². The molecule has 0 aromatic carbocycles. The van der Waals surface area contributed by atoms with E-state index in [1.165, 1.54) is 0 Å². The molecule has 2 heterocycles. The number of nitrogens with zero attached hydrogens (tertiary/aromatic N) is 2. The zero-order valence-corrected chi connectivity index (χ0v) is 11.0. The maximum absolute atomic E-state index is 11.0. The first kappa shape index (κ1) is 14.2. The third-order valence-corrected chi connectivity index (χ3v) is 2.18. The third kappa shape index (κ3) is 3.84. The van der Waals surface area contributed by atoms with E-state index in [1.54, 1.807) is 32.1 Å². The first-order chi connectivity index (χ1) is 8.49. The Labute approximate surface area is 107 Å². The molecule has 2 aliphatic heterocycles. The standard InChI is InChI=1S/C8H11NO2.C5H7NO/c1-4-5-6-9-8(2,3)7(10)11-6;1-2-5-6-3-4-7-5/h4-5H,1-3H3;2H,1,3-4H2. The summed E-state index contributed by atoms with van der Waals surface area (Å²) in [6.45, 7) is 10.3. The molecular weight excluding hydrogens is 232 g/mol. The van der Waals surface area contributed by atoms with Crippen LogP contribution in [0.2, 0.25) is 0 Å². The highest BCUT2D eigenvalue weighted by molar-refractivity contribution is 6.04. The Morgan fingerprint density at radius 2 is 2.11 bits per heavy atom. The molecule has 0 aliphatic carbocycles. The number of allylic oxidation sites excluding steroid dienone is 1. The first-order valence-corrected chi connectivity index (χ1v) is 5.74. The predicted molar refractivity (Wildman–Crippen MR) is 70.9 cm³/mol. The largest absolute Gasteiger partial charge is 0.476 e. The van der Waals surface area contributed by atoms with Gasteiger partial charge in [-0.25, -0.2) is 14.8 Å². The van der Waals surface area contributed by atoms with Crippen molar-refractivity contribution in [2.24, 2.45) is 9.98 Å². The van der Waals surface area contributed by atoms with Gasteiger partial charge in [-0.2, -0.15) is 0 Å². The Bertz CT molecular complexity index is 420. The number of carbonyl (C=O) groups excluding carboxylic acids is 1. The number of esters is 1. The van der Waals surface area contributed by atoms with Crippen molar-refractivity contribution in [2.75, 3.05) is 13.2 Å². The van der Waals surface area contributed by atoms with E-state index in [1.807, 2.05) is 6.92 Å². The van der Waals surface area contributed by atoms with Gasteiger partial charge in [-0.15, -0.1) is 0 Å². The average Bonchev–Trinajstić information content (AvgIpc) is 2.89. The fourth-order valence-electron chi connectivity index (χ4n) is 1.25. The molecule has 0 amide bonds. The summed E-state index contributed by atoms with van der Waals surface area (Å²) in [5, 5.41) is 0. The van der Waals surface area contributed by atoms with E-state index in [0.717, 1.165) is 13.2 Å². The number of rotatable bonds is 2. The van der Waals surface area contributed by atoms with Gasteiger partial charge in [-0.05, 0) is 32.9 Å². The number of hydrogen-bond acceptors (Lipinski definition) is 5. The van der Waals surface area contributed by atoms with E-state index in [2.05, 4.69) is 16.6 Å². The van der Waals surface area contributed by atoms with Crippen molar-refractivity contribution >= 4 is 17.8 Å². The lowest BCUT2D eigenvalue weighted by atomic mass is 10.1. The van der Waals surface area contributed by atoms with Gasteiger partial charge >= 0.3 is 5.97 Å². The molecule has 98 valence electrons. The molecule has 0 N–H and O–H groups in total. The fourth-order valence-corrected chi connectivity index (χ4v) is 1.25. The van der Waals surface area contributed by atoms with Crippen LogP contribution in [0.1, 0.15) is 20.8 Å². The summed E-state index contributed by atoms with van der Waals surface area (Å²) in [4.78, 5) is 19.0. The molecule has 0 unspecified atom stereocenters. The van der Waals surface area contributed by atoms with Gasteiger partial charge in [0.15, 0.2) is 5.54 Å². The molecule has 0 atom stereocenters. The molecule has 0 fully saturated rings. The summed E-state index contributed by atoms with van der Waals surface area (Å²) in [5.74, 6) is 0.799. The van der Waals surface area contributed by atoms with Crippen LogP contribution in [0.4, 0.5) is 0 Å². The molecule has 0 bridgehead atoms. The second-order valence-corrected chi connectivity index (χ2v) is 4.17. The van der Waals surface area contributed by atoms with E-state index < -0.39 is 5.54 Å². The smallest absolute Gasteiger partial charge is 0.340 e. The number of ether oxygens (including phenoxy) is 2. The Hall–Kier alpha value is -1.91. The summed E-state index contributed by atoms with van der Waals surface area (Å²) in [5.41, 5.74) is -0.700. The minimum Gasteiger partial charge on any atom is -0.476 e. The van der Waals surface area contributed by atoms with E-state index in [0.29, 0.717) is 11.8 Å². The maximum Gasteiger partial charge on any atom is 0.340 e. The second kappa shape index (κ2) is 6.14. The summed E-state index contributed by atoms with van der Waals surface area (Å²) in [6, 6.07) is 0. The molecule has 0 saturated carbocycles. The maximum atomic E-state index is 11.0. The minimum absolute atomic E-state index is 0.286. The molecule has 0 radical (unpaired) electrons. The van der Waals surface area contributed by atoms with E-state index in [9.17, 15) is 4.79 Å². The Balaban J connectivity index is 0.000000199. The van der Waals surface area contributed by atoms with Gasteiger partial charge < -0.3 is 9.47 Å². The SMILES string of the molecule is C=CC1=NCCO1.CC=CC1=NC(C)(C)C(=O)O1. The summed E-state index contributed by atoms with van der Waals surface area (Å²) in [7, 11) is 0. The second-order valence-electron chi connectivity index (χ2n) is 4.17. The summed E-state index contributed by atoms with van der Waals surface area (Å²) in [6.07, 6.45) is 5.08. The highest BCUT2D eigenvalue weighted by Crippen LogP contribution is 2.18. The van der Waals surface area contributed by atoms with Crippen molar-refractivity contribution in [1.29, 1.82) is 0 Å². The highest BCUT2D eigenvalue weighted by atomic mass is 16.6. The van der Waals surface area contributed by atoms with Crippen LogP contribution in [0.5, 0.6) is 0 Å². The molecule has 0 spiro atoms. The molecule has 5 nitrogen and oxygen atoms in total. The van der Waals surface area contributed by atoms with Gasteiger partial charge in [0.1, 0.15) is 6.61 Å². The van der Waals surface area contributed by atoms with Crippen LogP contribution < -0.4 is 0 Å².